The van der Waals surface area contributed by atoms with Gasteiger partial charge < -0.3 is 9.47 Å². The minimum Gasteiger partial charge on any atom is -0.467 e. The SMILES string of the molecule is COC(=O)C(C)(Cc1ccccc1)N(C)C(=O)OCc1ccccc1. The third-order valence-electron chi connectivity index (χ3n) is 4.24. The van der Waals surface area contributed by atoms with E-state index in [9.17, 15) is 9.59 Å². The smallest absolute Gasteiger partial charge is 0.410 e. The molecule has 5 nitrogen and oxygen atoms in total. The molecule has 2 rings (SSSR count). The van der Waals surface area contributed by atoms with Crippen LogP contribution in [-0.2, 0) is 27.3 Å². The van der Waals surface area contributed by atoms with Gasteiger partial charge in [-0.1, -0.05) is 60.7 Å². The quantitative estimate of drug-likeness (QED) is 0.756. The van der Waals surface area contributed by atoms with Crippen molar-refractivity contribution in [2.24, 2.45) is 0 Å². The molecule has 2 aromatic rings. The zero-order valence-electron chi connectivity index (χ0n) is 14.8. The van der Waals surface area contributed by atoms with E-state index in [1.54, 1.807) is 14.0 Å². The van der Waals surface area contributed by atoms with Gasteiger partial charge in [0.25, 0.3) is 0 Å². The van der Waals surface area contributed by atoms with Crippen molar-refractivity contribution in [2.45, 2.75) is 25.5 Å². The van der Waals surface area contributed by atoms with E-state index in [-0.39, 0.29) is 6.61 Å². The summed E-state index contributed by atoms with van der Waals surface area (Å²) >= 11 is 0. The molecule has 0 saturated heterocycles. The molecule has 132 valence electrons. The highest BCUT2D eigenvalue weighted by Gasteiger charge is 2.42. The summed E-state index contributed by atoms with van der Waals surface area (Å²) in [7, 11) is 2.86. The first-order valence-corrected chi connectivity index (χ1v) is 8.04. The monoisotopic (exact) mass is 341 g/mol. The van der Waals surface area contributed by atoms with Gasteiger partial charge in [0.15, 0.2) is 0 Å². The summed E-state index contributed by atoms with van der Waals surface area (Å²) in [5.74, 6) is -0.490. The molecule has 0 aliphatic carbocycles. The van der Waals surface area contributed by atoms with E-state index >= 15 is 0 Å². The van der Waals surface area contributed by atoms with Crippen LogP contribution in [0, 0.1) is 0 Å². The van der Waals surface area contributed by atoms with E-state index in [0.717, 1.165) is 11.1 Å². The molecule has 0 bridgehead atoms. The molecule has 0 saturated carbocycles. The summed E-state index contributed by atoms with van der Waals surface area (Å²) in [4.78, 5) is 26.2. The van der Waals surface area contributed by atoms with E-state index in [2.05, 4.69) is 0 Å². The Hall–Kier alpha value is -2.82. The average Bonchev–Trinajstić information content (AvgIpc) is 2.66. The molecule has 0 aliphatic rings. The number of benzene rings is 2. The van der Waals surface area contributed by atoms with Crippen molar-refractivity contribution >= 4 is 12.1 Å². The number of likely N-dealkylation sites (N-methyl/N-ethyl adjacent to an activating group) is 1. The van der Waals surface area contributed by atoms with E-state index < -0.39 is 17.6 Å². The fourth-order valence-electron chi connectivity index (χ4n) is 2.56. The van der Waals surface area contributed by atoms with Gasteiger partial charge in [0.05, 0.1) is 7.11 Å². The van der Waals surface area contributed by atoms with E-state index in [1.165, 1.54) is 12.0 Å². The van der Waals surface area contributed by atoms with Crippen molar-refractivity contribution in [3.8, 4) is 0 Å². The first-order chi connectivity index (χ1) is 12.0. The second kappa shape index (κ2) is 8.33. The van der Waals surface area contributed by atoms with Crippen molar-refractivity contribution < 1.29 is 19.1 Å². The molecule has 1 atom stereocenters. The molecule has 1 unspecified atom stereocenters. The Kier molecular flexibility index (Phi) is 6.17. The fraction of sp³-hybridized carbons (Fsp3) is 0.300. The Morgan fingerprint density at radius 2 is 1.48 bits per heavy atom. The second-order valence-electron chi connectivity index (χ2n) is 6.03. The summed E-state index contributed by atoms with van der Waals surface area (Å²) in [5, 5.41) is 0. The summed E-state index contributed by atoms with van der Waals surface area (Å²) < 4.78 is 10.3. The van der Waals surface area contributed by atoms with Gasteiger partial charge in [-0.15, -0.1) is 0 Å². The lowest BCUT2D eigenvalue weighted by Crippen LogP contribution is -2.55. The van der Waals surface area contributed by atoms with E-state index in [1.807, 2.05) is 60.7 Å². The van der Waals surface area contributed by atoms with Gasteiger partial charge in [-0.3, -0.25) is 4.90 Å². The lowest BCUT2D eigenvalue weighted by atomic mass is 9.91. The van der Waals surface area contributed by atoms with Crippen LogP contribution in [-0.4, -0.2) is 36.7 Å². The molecule has 0 radical (unpaired) electrons. The Balaban J connectivity index is 2.12. The first-order valence-electron chi connectivity index (χ1n) is 8.04. The number of nitrogens with zero attached hydrogens (tertiary/aromatic N) is 1. The molecule has 1 amide bonds. The Bertz CT molecular complexity index is 702. The van der Waals surface area contributed by atoms with Gasteiger partial charge in [0, 0.05) is 13.5 Å². The predicted octanol–water partition coefficient (Wildman–Crippen LogP) is 3.43. The molecule has 0 heterocycles. The first kappa shape index (κ1) is 18.5. The van der Waals surface area contributed by atoms with Crippen LogP contribution in [0.1, 0.15) is 18.1 Å². The number of amides is 1. The fourth-order valence-corrected chi connectivity index (χ4v) is 2.56. The molecule has 0 aliphatic heterocycles. The molecule has 0 spiro atoms. The van der Waals surface area contributed by atoms with Crippen molar-refractivity contribution in [3.05, 3.63) is 71.8 Å². The predicted molar refractivity (Wildman–Crippen MR) is 95.0 cm³/mol. The van der Waals surface area contributed by atoms with Crippen LogP contribution in [0.4, 0.5) is 4.79 Å². The highest BCUT2D eigenvalue weighted by atomic mass is 16.6. The lowest BCUT2D eigenvalue weighted by Gasteiger charge is -2.35. The van der Waals surface area contributed by atoms with Crippen molar-refractivity contribution in [3.63, 3.8) is 0 Å². The molecule has 25 heavy (non-hydrogen) atoms. The van der Waals surface area contributed by atoms with Crippen molar-refractivity contribution in [1.29, 1.82) is 0 Å². The van der Waals surface area contributed by atoms with Crippen LogP contribution in [0.25, 0.3) is 0 Å². The molecule has 0 aromatic heterocycles. The topological polar surface area (TPSA) is 55.8 Å². The maximum Gasteiger partial charge on any atom is 0.410 e. The third-order valence-corrected chi connectivity index (χ3v) is 4.24. The van der Waals surface area contributed by atoms with Gasteiger partial charge in [-0.25, -0.2) is 9.59 Å². The number of esters is 1. The molecular formula is C20H23NO4. The number of carbonyl (C=O) groups is 2. The normalized spacial score (nSPS) is 12.8. The highest BCUT2D eigenvalue weighted by molar-refractivity contribution is 5.85. The molecule has 0 N–H and O–H groups in total. The van der Waals surface area contributed by atoms with Gasteiger partial charge in [0.1, 0.15) is 12.1 Å². The van der Waals surface area contributed by atoms with Gasteiger partial charge in [0.2, 0.25) is 0 Å². The maximum atomic E-state index is 12.5. The van der Waals surface area contributed by atoms with Crippen LogP contribution in [0.5, 0.6) is 0 Å². The second-order valence-corrected chi connectivity index (χ2v) is 6.03. The van der Waals surface area contributed by atoms with E-state index in [0.29, 0.717) is 6.42 Å². The number of rotatable bonds is 6. The Morgan fingerprint density at radius 3 is 2.00 bits per heavy atom. The largest absolute Gasteiger partial charge is 0.467 e. The van der Waals surface area contributed by atoms with E-state index in [4.69, 9.17) is 9.47 Å². The van der Waals surface area contributed by atoms with Crippen LogP contribution in [0.3, 0.4) is 0 Å². The maximum absolute atomic E-state index is 12.5. The van der Waals surface area contributed by atoms with Crippen LogP contribution in [0.15, 0.2) is 60.7 Å². The average molecular weight is 341 g/mol. The standard InChI is InChI=1S/C20H23NO4/c1-20(18(22)24-3,14-16-10-6-4-7-11-16)21(2)19(23)25-15-17-12-8-5-9-13-17/h4-13H,14-15H2,1-3H3. The summed E-state index contributed by atoms with van der Waals surface area (Å²) in [6.07, 6.45) is -0.245. The van der Waals surface area contributed by atoms with Gasteiger partial charge >= 0.3 is 12.1 Å². The number of ether oxygens (including phenoxy) is 2. The molecule has 2 aromatic carbocycles. The number of carbonyl (C=O) groups excluding carboxylic acids is 2. The van der Waals surface area contributed by atoms with Crippen LogP contribution < -0.4 is 0 Å². The minimum atomic E-state index is -1.16. The lowest BCUT2D eigenvalue weighted by molar-refractivity contribution is -0.152. The Labute approximate surface area is 148 Å². The summed E-state index contributed by atoms with van der Waals surface area (Å²) in [5.41, 5.74) is 0.648. The van der Waals surface area contributed by atoms with Gasteiger partial charge in [-0.05, 0) is 18.1 Å². The zero-order valence-corrected chi connectivity index (χ0v) is 14.8. The number of hydrogen-bond donors (Lipinski definition) is 0. The van der Waals surface area contributed by atoms with Crippen LogP contribution in [0.2, 0.25) is 0 Å². The van der Waals surface area contributed by atoms with Crippen molar-refractivity contribution in [2.75, 3.05) is 14.2 Å². The Morgan fingerprint density at radius 1 is 0.960 bits per heavy atom. The molecular weight excluding hydrogens is 318 g/mol. The number of methoxy groups -OCH3 is 1. The van der Waals surface area contributed by atoms with Gasteiger partial charge in [-0.2, -0.15) is 0 Å². The van der Waals surface area contributed by atoms with Crippen LogP contribution >= 0.6 is 0 Å². The summed E-state index contributed by atoms with van der Waals surface area (Å²) in [6, 6.07) is 18.9. The summed E-state index contributed by atoms with van der Waals surface area (Å²) in [6.45, 7) is 1.82. The van der Waals surface area contributed by atoms with Crippen molar-refractivity contribution in [1.82, 2.24) is 4.90 Å². The molecule has 0 fully saturated rings. The highest BCUT2D eigenvalue weighted by Crippen LogP contribution is 2.23. The minimum absolute atomic E-state index is 0.145. The number of hydrogen-bond acceptors (Lipinski definition) is 4. The zero-order chi connectivity index (χ0) is 18.3. The third kappa shape index (κ3) is 4.59. The molecule has 5 heteroatoms.